The molecule has 0 spiro atoms. The van der Waals surface area contributed by atoms with Gasteiger partial charge in [0.1, 0.15) is 11.0 Å². The van der Waals surface area contributed by atoms with Crippen molar-refractivity contribution in [3.8, 4) is 0 Å². The van der Waals surface area contributed by atoms with Crippen molar-refractivity contribution in [3.63, 3.8) is 0 Å². The zero-order chi connectivity index (χ0) is 22.4. The van der Waals surface area contributed by atoms with E-state index in [1.54, 1.807) is 13.1 Å². The number of rotatable bonds is 7. The lowest BCUT2D eigenvalue weighted by Gasteiger charge is -2.29. The second-order valence-electron chi connectivity index (χ2n) is 7.65. The fourth-order valence-electron chi connectivity index (χ4n) is 3.78. The van der Waals surface area contributed by atoms with Gasteiger partial charge in [-0.3, -0.25) is 4.79 Å². The smallest absolute Gasteiger partial charge is 0.373 e. The molecule has 10 heteroatoms. The fourth-order valence-corrected chi connectivity index (χ4v) is 3.97. The standard InChI is InChI=1S/C21H25ClF3N5O/c1-26-18-11-17(22)29-20(30-18)28-15-8-6-13(7-9-15)10-19(31)27-12-14-4-2-3-5-16(14)21(23,24)25/h2-5,11,13,15H,6-10,12H2,1H3,(H,27,31)(H2,26,28,29,30). The third kappa shape index (κ3) is 6.72. The van der Waals surface area contributed by atoms with Crippen LogP contribution in [0, 0.1) is 5.92 Å². The van der Waals surface area contributed by atoms with E-state index in [9.17, 15) is 18.0 Å². The second-order valence-corrected chi connectivity index (χ2v) is 8.03. The number of nitrogens with one attached hydrogen (secondary N) is 3. The third-order valence-electron chi connectivity index (χ3n) is 5.40. The molecule has 1 saturated carbocycles. The van der Waals surface area contributed by atoms with Crippen LogP contribution in [0.4, 0.5) is 24.9 Å². The molecule has 0 bridgehead atoms. The molecule has 0 atom stereocenters. The van der Waals surface area contributed by atoms with E-state index in [0.29, 0.717) is 23.3 Å². The number of halogens is 4. The molecule has 1 aliphatic rings. The van der Waals surface area contributed by atoms with Gasteiger partial charge >= 0.3 is 6.18 Å². The Kier molecular flexibility index (Phi) is 7.59. The predicted molar refractivity (Wildman–Crippen MR) is 114 cm³/mol. The van der Waals surface area contributed by atoms with Gasteiger partial charge in [-0.2, -0.15) is 18.2 Å². The minimum Gasteiger partial charge on any atom is -0.373 e. The number of anilines is 2. The van der Waals surface area contributed by atoms with Crippen molar-refractivity contribution in [2.24, 2.45) is 5.92 Å². The summed E-state index contributed by atoms with van der Waals surface area (Å²) in [6, 6.07) is 7.11. The minimum absolute atomic E-state index is 0.0683. The average molecular weight is 456 g/mol. The molecule has 0 unspecified atom stereocenters. The quantitative estimate of drug-likeness (QED) is 0.519. The van der Waals surface area contributed by atoms with Crippen LogP contribution < -0.4 is 16.0 Å². The first-order chi connectivity index (χ1) is 14.7. The number of nitrogens with zero attached hydrogens (tertiary/aromatic N) is 2. The lowest BCUT2D eigenvalue weighted by molar-refractivity contribution is -0.138. The first-order valence-electron chi connectivity index (χ1n) is 10.1. The molecule has 168 valence electrons. The Morgan fingerprint density at radius 2 is 1.87 bits per heavy atom. The zero-order valence-corrected chi connectivity index (χ0v) is 17.9. The Labute approximate surface area is 184 Å². The van der Waals surface area contributed by atoms with E-state index in [2.05, 4.69) is 25.9 Å². The van der Waals surface area contributed by atoms with Crippen LogP contribution in [0.2, 0.25) is 5.15 Å². The maximum absolute atomic E-state index is 13.1. The molecule has 1 fully saturated rings. The van der Waals surface area contributed by atoms with E-state index in [1.165, 1.54) is 18.2 Å². The number of aromatic nitrogens is 2. The normalized spacial score (nSPS) is 19.0. The lowest BCUT2D eigenvalue weighted by Crippen LogP contribution is -2.31. The fraction of sp³-hybridized carbons (Fsp3) is 0.476. The number of amides is 1. The summed E-state index contributed by atoms with van der Waals surface area (Å²) in [5.41, 5.74) is -0.648. The number of alkyl halides is 3. The molecule has 3 rings (SSSR count). The Hall–Kier alpha value is -2.55. The van der Waals surface area contributed by atoms with Crippen LogP contribution in [0.15, 0.2) is 30.3 Å². The van der Waals surface area contributed by atoms with Crippen molar-refractivity contribution >= 4 is 29.3 Å². The van der Waals surface area contributed by atoms with Crippen molar-refractivity contribution in [3.05, 3.63) is 46.6 Å². The van der Waals surface area contributed by atoms with Crippen LogP contribution in [0.1, 0.15) is 43.2 Å². The maximum Gasteiger partial charge on any atom is 0.416 e. The maximum atomic E-state index is 13.1. The average Bonchev–Trinajstić information content (AvgIpc) is 2.73. The summed E-state index contributed by atoms with van der Waals surface area (Å²) in [7, 11) is 1.75. The van der Waals surface area contributed by atoms with Gasteiger partial charge in [0, 0.05) is 32.1 Å². The van der Waals surface area contributed by atoms with Crippen LogP contribution in [0.25, 0.3) is 0 Å². The topological polar surface area (TPSA) is 78.9 Å². The van der Waals surface area contributed by atoms with Crippen molar-refractivity contribution in [1.29, 1.82) is 0 Å². The van der Waals surface area contributed by atoms with Crippen LogP contribution in [0.3, 0.4) is 0 Å². The Morgan fingerprint density at radius 1 is 1.16 bits per heavy atom. The number of hydrogen-bond acceptors (Lipinski definition) is 5. The summed E-state index contributed by atoms with van der Waals surface area (Å²) in [5, 5.41) is 9.19. The Bertz CT molecular complexity index is 901. The molecule has 3 N–H and O–H groups in total. The first kappa shape index (κ1) is 23.1. The molecule has 31 heavy (non-hydrogen) atoms. The van der Waals surface area contributed by atoms with Gasteiger partial charge in [0.15, 0.2) is 0 Å². The van der Waals surface area contributed by atoms with Gasteiger partial charge in [0.25, 0.3) is 0 Å². The molecular formula is C21H25ClF3N5O. The number of hydrogen-bond donors (Lipinski definition) is 3. The van der Waals surface area contributed by atoms with Crippen LogP contribution in [0.5, 0.6) is 0 Å². The molecule has 1 amide bonds. The van der Waals surface area contributed by atoms with Crippen molar-refractivity contribution < 1.29 is 18.0 Å². The second kappa shape index (κ2) is 10.2. The summed E-state index contributed by atoms with van der Waals surface area (Å²) in [6.07, 6.45) is -0.765. The summed E-state index contributed by atoms with van der Waals surface area (Å²) in [6.45, 7) is -0.134. The van der Waals surface area contributed by atoms with Gasteiger partial charge in [0.2, 0.25) is 11.9 Å². The molecule has 1 aromatic carbocycles. The molecule has 6 nitrogen and oxygen atoms in total. The first-order valence-corrected chi connectivity index (χ1v) is 10.5. The summed E-state index contributed by atoms with van der Waals surface area (Å²) < 4.78 is 39.2. The van der Waals surface area contributed by atoms with Crippen LogP contribution >= 0.6 is 11.6 Å². The molecular weight excluding hydrogens is 431 g/mol. The molecule has 0 saturated heterocycles. The molecule has 0 aliphatic heterocycles. The third-order valence-corrected chi connectivity index (χ3v) is 5.60. The van der Waals surface area contributed by atoms with Gasteiger partial charge in [0.05, 0.1) is 5.56 Å². The van der Waals surface area contributed by atoms with Gasteiger partial charge in [-0.15, -0.1) is 0 Å². The molecule has 1 aliphatic carbocycles. The van der Waals surface area contributed by atoms with Gasteiger partial charge in [-0.1, -0.05) is 29.8 Å². The largest absolute Gasteiger partial charge is 0.416 e. The molecule has 1 heterocycles. The van der Waals surface area contributed by atoms with E-state index in [4.69, 9.17) is 11.6 Å². The highest BCUT2D eigenvalue weighted by atomic mass is 35.5. The van der Waals surface area contributed by atoms with Gasteiger partial charge in [-0.05, 0) is 43.2 Å². The SMILES string of the molecule is CNc1cc(Cl)nc(NC2CCC(CC(=O)NCc3ccccc3C(F)(F)F)CC2)n1. The predicted octanol–water partition coefficient (Wildman–Crippen LogP) is 4.87. The minimum atomic E-state index is -4.44. The summed E-state index contributed by atoms with van der Waals surface area (Å²) in [5.74, 6) is 1.05. The van der Waals surface area contributed by atoms with E-state index >= 15 is 0 Å². The number of carbonyl (C=O) groups is 1. The van der Waals surface area contributed by atoms with E-state index < -0.39 is 11.7 Å². The van der Waals surface area contributed by atoms with Gasteiger partial charge < -0.3 is 16.0 Å². The lowest BCUT2D eigenvalue weighted by atomic mass is 9.84. The zero-order valence-electron chi connectivity index (χ0n) is 17.1. The highest BCUT2D eigenvalue weighted by Crippen LogP contribution is 2.32. The van der Waals surface area contributed by atoms with Crippen molar-refractivity contribution in [2.75, 3.05) is 17.7 Å². The van der Waals surface area contributed by atoms with Crippen LogP contribution in [-0.2, 0) is 17.5 Å². The van der Waals surface area contributed by atoms with E-state index in [-0.39, 0.29) is 30.0 Å². The van der Waals surface area contributed by atoms with Crippen LogP contribution in [-0.4, -0.2) is 29.0 Å². The summed E-state index contributed by atoms with van der Waals surface area (Å²) >= 11 is 6.00. The highest BCUT2D eigenvalue weighted by molar-refractivity contribution is 6.29. The summed E-state index contributed by atoms with van der Waals surface area (Å²) in [4.78, 5) is 20.8. The highest BCUT2D eigenvalue weighted by Gasteiger charge is 2.33. The number of benzene rings is 1. The number of carbonyl (C=O) groups excluding carboxylic acids is 1. The molecule has 2 aromatic rings. The molecule has 1 aromatic heterocycles. The van der Waals surface area contributed by atoms with Crippen molar-refractivity contribution in [1.82, 2.24) is 15.3 Å². The monoisotopic (exact) mass is 455 g/mol. The van der Waals surface area contributed by atoms with E-state index in [0.717, 1.165) is 31.7 Å². The Balaban J connectivity index is 1.45. The van der Waals surface area contributed by atoms with E-state index in [1.807, 2.05) is 0 Å². The van der Waals surface area contributed by atoms with Crippen molar-refractivity contribution in [2.45, 2.75) is 50.9 Å². The Morgan fingerprint density at radius 3 is 2.55 bits per heavy atom. The molecule has 0 radical (unpaired) electrons. The van der Waals surface area contributed by atoms with Gasteiger partial charge in [-0.25, -0.2) is 4.98 Å².